The maximum absolute atomic E-state index is 12.7. The van der Waals surface area contributed by atoms with E-state index in [1.807, 2.05) is 14.0 Å². The fourth-order valence-corrected chi connectivity index (χ4v) is 5.33. The minimum atomic E-state index is -3.82. The van der Waals surface area contributed by atoms with Crippen LogP contribution in [0, 0.1) is 6.92 Å². The maximum atomic E-state index is 12.7. The minimum Gasteiger partial charge on any atom is -0.369 e. The molecule has 1 fully saturated rings. The van der Waals surface area contributed by atoms with Gasteiger partial charge in [0, 0.05) is 44.3 Å². The molecule has 3 aromatic heterocycles. The van der Waals surface area contributed by atoms with Gasteiger partial charge in [-0.3, -0.25) is 9.62 Å². The van der Waals surface area contributed by atoms with Crippen LogP contribution in [-0.2, 0) is 16.6 Å². The van der Waals surface area contributed by atoms with Crippen molar-refractivity contribution in [2.45, 2.75) is 37.5 Å². The lowest BCUT2D eigenvalue weighted by Gasteiger charge is -2.28. The van der Waals surface area contributed by atoms with Crippen molar-refractivity contribution in [3.63, 3.8) is 0 Å². The zero-order valence-corrected chi connectivity index (χ0v) is 19.2. The van der Waals surface area contributed by atoms with Gasteiger partial charge in [0.15, 0.2) is 10.8 Å². The lowest BCUT2D eigenvalue weighted by atomic mass is 10.1. The Hall–Kier alpha value is -2.64. The lowest BCUT2D eigenvalue weighted by molar-refractivity contribution is 0.0558. The van der Waals surface area contributed by atoms with E-state index in [9.17, 15) is 17.2 Å². The van der Waals surface area contributed by atoms with Crippen LogP contribution in [0.5, 0.6) is 0 Å². The summed E-state index contributed by atoms with van der Waals surface area (Å²) in [7, 11) is -1.87. The summed E-state index contributed by atoms with van der Waals surface area (Å²) in [5, 5.41) is 5.45. The van der Waals surface area contributed by atoms with E-state index in [-0.39, 0.29) is 16.9 Å². The van der Waals surface area contributed by atoms with Crippen molar-refractivity contribution in [3.05, 3.63) is 46.7 Å². The summed E-state index contributed by atoms with van der Waals surface area (Å²) in [4.78, 5) is 12.4. The number of nitrogens with one attached hydrogen (secondary N) is 1. The van der Waals surface area contributed by atoms with Crippen molar-refractivity contribution in [2.24, 2.45) is 0 Å². The van der Waals surface area contributed by atoms with E-state index < -0.39 is 16.6 Å². The van der Waals surface area contributed by atoms with Crippen LogP contribution < -0.4 is 9.62 Å². The normalized spacial score (nSPS) is 17.2. The van der Waals surface area contributed by atoms with Crippen molar-refractivity contribution < 1.29 is 17.2 Å². The van der Waals surface area contributed by atoms with Crippen LogP contribution in [0.4, 0.5) is 20.3 Å². The van der Waals surface area contributed by atoms with Crippen molar-refractivity contribution in [3.8, 4) is 0 Å². The van der Waals surface area contributed by atoms with Crippen molar-refractivity contribution in [2.75, 3.05) is 29.8 Å². The lowest BCUT2D eigenvalue weighted by Crippen LogP contribution is -2.35. The third-order valence-corrected chi connectivity index (χ3v) is 7.27. The minimum absolute atomic E-state index is 0.0668. The molecule has 0 aromatic carbocycles. The number of hydrogen-bond acceptors (Lipinski definition) is 8. The summed E-state index contributed by atoms with van der Waals surface area (Å²) >= 11 is 1.29. The molecule has 4 heterocycles. The molecule has 4 rings (SSSR count). The predicted molar refractivity (Wildman–Crippen MR) is 117 cm³/mol. The second-order valence-corrected chi connectivity index (χ2v) is 9.99. The molecule has 1 unspecified atom stereocenters. The number of anilines is 2. The number of aromatic nitrogens is 4. The van der Waals surface area contributed by atoms with E-state index in [4.69, 9.17) is 0 Å². The number of aryl methyl sites for hydroxylation is 1. The topological polar surface area (TPSA) is 96.2 Å². The van der Waals surface area contributed by atoms with Crippen LogP contribution >= 0.6 is 11.3 Å². The third-order valence-electron chi connectivity index (χ3n) is 5.43. The van der Waals surface area contributed by atoms with Crippen molar-refractivity contribution in [1.29, 1.82) is 0 Å². The molecule has 32 heavy (non-hydrogen) atoms. The quantitative estimate of drug-likeness (QED) is 0.526. The summed E-state index contributed by atoms with van der Waals surface area (Å²) < 4.78 is 53.6. The highest BCUT2D eigenvalue weighted by Crippen LogP contribution is 2.27. The second-order valence-electron chi connectivity index (χ2n) is 7.64. The molecule has 0 aliphatic carbocycles. The van der Waals surface area contributed by atoms with E-state index in [2.05, 4.69) is 29.6 Å². The monoisotopic (exact) mass is 483 g/mol. The molecule has 3 aromatic rings. The van der Waals surface area contributed by atoms with Crippen LogP contribution in [-0.4, -0.2) is 59.2 Å². The number of thiazole rings is 1. The largest absolute Gasteiger partial charge is 0.369 e. The molecule has 9 nitrogen and oxygen atoms in total. The number of rotatable bonds is 8. The highest BCUT2D eigenvalue weighted by molar-refractivity contribution is 7.92. The molecule has 13 heteroatoms. The highest BCUT2D eigenvalue weighted by Gasteiger charge is 2.28. The van der Waals surface area contributed by atoms with Crippen LogP contribution in [0.15, 0.2) is 40.4 Å². The van der Waals surface area contributed by atoms with Crippen LogP contribution in [0.2, 0.25) is 0 Å². The van der Waals surface area contributed by atoms with Gasteiger partial charge in [0.1, 0.15) is 0 Å². The Bertz CT molecular complexity index is 1170. The van der Waals surface area contributed by atoms with Crippen molar-refractivity contribution >= 4 is 32.9 Å². The van der Waals surface area contributed by atoms with E-state index >= 15 is 0 Å². The number of halogens is 2. The fourth-order valence-electron chi connectivity index (χ4n) is 3.76. The molecule has 1 N–H and O–H groups in total. The number of pyridine rings is 1. The van der Waals surface area contributed by atoms with Gasteiger partial charge in [-0.05, 0) is 31.0 Å². The SMILES string of the molecule is Cc1cc(S(=O)(=O)Nc2cscn2)ncc1N(C)C1CCN(Cc2ccn(C(F)F)n2)C1. The van der Waals surface area contributed by atoms with E-state index in [1.54, 1.807) is 29.2 Å². The molecule has 1 aliphatic heterocycles. The molecule has 1 saturated heterocycles. The molecule has 1 atom stereocenters. The highest BCUT2D eigenvalue weighted by atomic mass is 32.2. The molecule has 0 amide bonds. The van der Waals surface area contributed by atoms with Crippen LogP contribution in [0.1, 0.15) is 24.2 Å². The molecule has 0 radical (unpaired) electrons. The first-order valence-electron chi connectivity index (χ1n) is 9.88. The summed E-state index contributed by atoms with van der Waals surface area (Å²) in [6.07, 6.45) is 3.74. The Morgan fingerprint density at radius 3 is 2.84 bits per heavy atom. The van der Waals surface area contributed by atoms with Gasteiger partial charge in [-0.15, -0.1) is 11.3 Å². The van der Waals surface area contributed by atoms with Crippen molar-refractivity contribution in [1.82, 2.24) is 24.6 Å². The summed E-state index contributed by atoms with van der Waals surface area (Å²) in [5.41, 5.74) is 3.78. The second kappa shape index (κ2) is 9.08. The first-order chi connectivity index (χ1) is 15.2. The number of nitrogens with zero attached hydrogens (tertiary/aromatic N) is 6. The molecular weight excluding hydrogens is 460 g/mol. The van der Waals surface area contributed by atoms with Gasteiger partial charge >= 0.3 is 6.55 Å². The molecule has 0 saturated carbocycles. The standard InChI is InChI=1S/C19H23F2N7O2S2/c1-13-7-18(32(29,30)25-17-11-31-12-23-17)22-8-16(13)26(2)15-4-5-27(10-15)9-14-3-6-28(24-14)19(20)21/h3,6-8,11-12,15,19,25H,4-5,9-10H2,1-2H3. The van der Waals surface area contributed by atoms with E-state index in [1.165, 1.54) is 17.5 Å². The first-order valence-corrected chi connectivity index (χ1v) is 12.3. The molecule has 0 bridgehead atoms. The predicted octanol–water partition coefficient (Wildman–Crippen LogP) is 2.95. The Morgan fingerprint density at radius 2 is 2.19 bits per heavy atom. The summed E-state index contributed by atoms with van der Waals surface area (Å²) in [5.74, 6) is 0.264. The fraction of sp³-hybridized carbons (Fsp3) is 0.421. The summed E-state index contributed by atoms with van der Waals surface area (Å²) in [6, 6.07) is 3.34. The number of likely N-dealkylation sites (tertiary alicyclic amines) is 1. The first kappa shape index (κ1) is 22.6. The van der Waals surface area contributed by atoms with Gasteiger partial charge in [-0.1, -0.05) is 0 Å². The molecule has 0 spiro atoms. The number of hydrogen-bond donors (Lipinski definition) is 1. The molecular formula is C19H23F2N7O2S2. The van der Waals surface area contributed by atoms with E-state index in [0.717, 1.165) is 30.8 Å². The van der Waals surface area contributed by atoms with Gasteiger partial charge in [0.05, 0.1) is 23.1 Å². The Kier molecular flexibility index (Phi) is 6.40. The van der Waals surface area contributed by atoms with E-state index in [0.29, 0.717) is 16.9 Å². The summed E-state index contributed by atoms with van der Waals surface area (Å²) in [6.45, 7) is 1.26. The Labute approximate surface area is 188 Å². The van der Waals surface area contributed by atoms with Gasteiger partial charge in [0.25, 0.3) is 10.0 Å². The van der Waals surface area contributed by atoms with Crippen LogP contribution in [0.25, 0.3) is 0 Å². The van der Waals surface area contributed by atoms with Gasteiger partial charge in [0.2, 0.25) is 0 Å². The zero-order chi connectivity index (χ0) is 22.9. The Balaban J connectivity index is 1.41. The van der Waals surface area contributed by atoms with Crippen LogP contribution in [0.3, 0.4) is 0 Å². The number of sulfonamides is 1. The number of alkyl halides is 2. The Morgan fingerprint density at radius 1 is 1.38 bits per heavy atom. The number of likely N-dealkylation sites (N-methyl/N-ethyl adjacent to an activating group) is 1. The maximum Gasteiger partial charge on any atom is 0.333 e. The molecule has 172 valence electrons. The van der Waals surface area contributed by atoms with Gasteiger partial charge in [-0.25, -0.2) is 14.6 Å². The molecule has 1 aliphatic rings. The zero-order valence-electron chi connectivity index (χ0n) is 17.5. The van der Waals surface area contributed by atoms with Gasteiger partial charge < -0.3 is 4.90 Å². The third kappa shape index (κ3) is 4.89. The average Bonchev–Trinajstić information content (AvgIpc) is 3.50. The smallest absolute Gasteiger partial charge is 0.333 e. The van der Waals surface area contributed by atoms with Gasteiger partial charge in [-0.2, -0.15) is 22.3 Å². The average molecular weight is 484 g/mol.